The molecule has 122 valence electrons. The molecule has 1 aliphatic heterocycles. The summed E-state index contributed by atoms with van der Waals surface area (Å²) in [4.78, 5) is 4.15. The Morgan fingerprint density at radius 1 is 1.23 bits per heavy atom. The fraction of sp³-hybridized carbons (Fsp3) is 0.500. The van der Waals surface area contributed by atoms with E-state index in [1.807, 2.05) is 0 Å². The van der Waals surface area contributed by atoms with Crippen LogP contribution in [0.3, 0.4) is 0 Å². The van der Waals surface area contributed by atoms with E-state index in [9.17, 15) is 17.6 Å². The molecule has 0 saturated heterocycles. The molecule has 0 fully saturated rings. The van der Waals surface area contributed by atoms with Gasteiger partial charge in [-0.15, -0.1) is 0 Å². The molecule has 0 aromatic heterocycles. The fourth-order valence-corrected chi connectivity index (χ4v) is 3.91. The number of halogens is 4. The summed E-state index contributed by atoms with van der Waals surface area (Å²) in [6, 6.07) is 2.05. The minimum absolute atomic E-state index is 0.00641. The Hall–Kier alpha value is -1.44. The Morgan fingerprint density at radius 2 is 1.82 bits per heavy atom. The standard InChI is InChI=1S/C14H17F4N3S/c1-6-13(2,8-4-7(19)5-9(15)10(8)16)21-12(20)22-14(6,3)11(17)18/h4-6,11H,19H2,1-3H3,(H2,20,21)/t6?,13-,14-/m0/s1. The van der Waals surface area contributed by atoms with E-state index in [0.29, 0.717) is 0 Å². The molecule has 3 atom stereocenters. The number of anilines is 1. The number of nitrogens with two attached hydrogens (primary N) is 2. The first-order valence-electron chi connectivity index (χ1n) is 6.60. The Kier molecular flexibility index (Phi) is 4.10. The monoisotopic (exact) mass is 335 g/mol. The van der Waals surface area contributed by atoms with Crippen molar-refractivity contribution in [3.05, 3.63) is 29.3 Å². The van der Waals surface area contributed by atoms with Crippen LogP contribution in [0.25, 0.3) is 0 Å². The predicted octanol–water partition coefficient (Wildman–Crippen LogP) is 3.48. The van der Waals surface area contributed by atoms with Gasteiger partial charge in [-0.05, 0) is 26.0 Å². The first-order valence-corrected chi connectivity index (χ1v) is 7.41. The van der Waals surface area contributed by atoms with Crippen LogP contribution in [0.5, 0.6) is 0 Å². The van der Waals surface area contributed by atoms with E-state index in [4.69, 9.17) is 11.5 Å². The lowest BCUT2D eigenvalue weighted by Crippen LogP contribution is -2.52. The second-order valence-corrected chi connectivity index (χ2v) is 7.27. The van der Waals surface area contributed by atoms with Crippen molar-refractivity contribution in [1.29, 1.82) is 0 Å². The van der Waals surface area contributed by atoms with Crippen LogP contribution in [0.15, 0.2) is 17.1 Å². The van der Waals surface area contributed by atoms with Crippen molar-refractivity contribution < 1.29 is 17.6 Å². The quantitative estimate of drug-likeness (QED) is 0.642. The third kappa shape index (κ3) is 2.43. The van der Waals surface area contributed by atoms with E-state index in [1.165, 1.54) is 26.8 Å². The highest BCUT2D eigenvalue weighted by Gasteiger charge is 2.54. The van der Waals surface area contributed by atoms with Crippen molar-refractivity contribution in [2.75, 3.05) is 5.73 Å². The summed E-state index contributed by atoms with van der Waals surface area (Å²) in [6.45, 7) is 4.32. The number of benzene rings is 1. The number of nitrogens with zero attached hydrogens (tertiary/aromatic N) is 1. The van der Waals surface area contributed by atoms with Gasteiger partial charge in [0, 0.05) is 17.2 Å². The van der Waals surface area contributed by atoms with Gasteiger partial charge in [-0.2, -0.15) is 0 Å². The Balaban J connectivity index is 2.69. The Morgan fingerprint density at radius 3 is 2.36 bits per heavy atom. The third-order valence-corrected chi connectivity index (χ3v) is 5.67. The summed E-state index contributed by atoms with van der Waals surface area (Å²) in [6.07, 6.45) is -2.71. The van der Waals surface area contributed by atoms with Gasteiger partial charge in [0.05, 0.1) is 10.3 Å². The summed E-state index contributed by atoms with van der Waals surface area (Å²) in [5.41, 5.74) is 9.62. The van der Waals surface area contributed by atoms with Crippen LogP contribution >= 0.6 is 11.8 Å². The van der Waals surface area contributed by atoms with Crippen LogP contribution in [0.1, 0.15) is 26.3 Å². The fourth-order valence-electron chi connectivity index (χ4n) is 2.73. The average Bonchev–Trinajstić information content (AvgIpc) is 2.39. The summed E-state index contributed by atoms with van der Waals surface area (Å²) in [5.74, 6) is -3.11. The van der Waals surface area contributed by atoms with Gasteiger partial charge in [-0.25, -0.2) is 17.6 Å². The van der Waals surface area contributed by atoms with Gasteiger partial charge in [0.2, 0.25) is 0 Å². The molecule has 0 aliphatic carbocycles. The van der Waals surface area contributed by atoms with Gasteiger partial charge < -0.3 is 11.5 Å². The molecule has 1 aromatic rings. The van der Waals surface area contributed by atoms with Crippen LogP contribution in [-0.2, 0) is 5.54 Å². The number of nitrogen functional groups attached to an aromatic ring is 1. The summed E-state index contributed by atoms with van der Waals surface area (Å²) >= 11 is 0.746. The number of rotatable bonds is 2. The van der Waals surface area contributed by atoms with E-state index in [1.54, 1.807) is 0 Å². The van der Waals surface area contributed by atoms with Crippen molar-refractivity contribution in [2.24, 2.45) is 16.6 Å². The average molecular weight is 335 g/mol. The first-order chi connectivity index (χ1) is 10.0. The number of hydrogen-bond acceptors (Lipinski definition) is 4. The van der Waals surface area contributed by atoms with E-state index in [2.05, 4.69) is 4.99 Å². The molecule has 1 aromatic carbocycles. The molecule has 4 N–H and O–H groups in total. The van der Waals surface area contributed by atoms with Gasteiger partial charge in [0.15, 0.2) is 16.8 Å². The van der Waals surface area contributed by atoms with Gasteiger partial charge in [0.1, 0.15) is 0 Å². The zero-order valence-corrected chi connectivity index (χ0v) is 13.1. The zero-order valence-electron chi connectivity index (χ0n) is 12.3. The van der Waals surface area contributed by atoms with E-state index < -0.39 is 34.3 Å². The number of hydrogen-bond donors (Lipinski definition) is 2. The van der Waals surface area contributed by atoms with Gasteiger partial charge in [-0.3, -0.25) is 4.99 Å². The van der Waals surface area contributed by atoms with Crippen LogP contribution < -0.4 is 11.5 Å². The molecule has 0 amide bonds. The first kappa shape index (κ1) is 16.9. The van der Waals surface area contributed by atoms with Crippen molar-refractivity contribution in [3.63, 3.8) is 0 Å². The van der Waals surface area contributed by atoms with Gasteiger partial charge in [-0.1, -0.05) is 18.7 Å². The van der Waals surface area contributed by atoms with E-state index >= 15 is 0 Å². The maximum atomic E-state index is 14.2. The molecule has 0 saturated carbocycles. The smallest absolute Gasteiger partial charge is 0.253 e. The second-order valence-electron chi connectivity index (χ2n) is 5.77. The molecular weight excluding hydrogens is 318 g/mol. The lowest BCUT2D eigenvalue weighted by Gasteiger charge is -2.46. The van der Waals surface area contributed by atoms with E-state index in [0.717, 1.165) is 17.8 Å². The van der Waals surface area contributed by atoms with Crippen molar-refractivity contribution in [3.8, 4) is 0 Å². The minimum atomic E-state index is -2.71. The van der Waals surface area contributed by atoms with Crippen LogP contribution in [-0.4, -0.2) is 16.3 Å². The second kappa shape index (κ2) is 5.33. The number of aliphatic imine (C=N–C) groups is 1. The minimum Gasteiger partial charge on any atom is -0.399 e. The van der Waals surface area contributed by atoms with Crippen molar-refractivity contribution >= 4 is 22.6 Å². The topological polar surface area (TPSA) is 64.4 Å². The van der Waals surface area contributed by atoms with Crippen LogP contribution in [0.2, 0.25) is 0 Å². The Labute approximate surface area is 130 Å². The van der Waals surface area contributed by atoms with Crippen molar-refractivity contribution in [1.82, 2.24) is 0 Å². The molecule has 3 nitrogen and oxygen atoms in total. The summed E-state index contributed by atoms with van der Waals surface area (Å²) in [5, 5.41) is -0.0920. The maximum absolute atomic E-state index is 14.2. The highest BCUT2D eigenvalue weighted by atomic mass is 32.2. The number of amidine groups is 1. The maximum Gasteiger partial charge on any atom is 0.253 e. The summed E-state index contributed by atoms with van der Waals surface area (Å²) < 4.78 is 53.4. The molecule has 2 rings (SSSR count). The number of alkyl halides is 2. The molecule has 1 unspecified atom stereocenters. The molecule has 1 heterocycles. The largest absolute Gasteiger partial charge is 0.399 e. The lowest BCUT2D eigenvalue weighted by molar-refractivity contribution is 0.0571. The molecule has 1 aliphatic rings. The van der Waals surface area contributed by atoms with Gasteiger partial charge >= 0.3 is 0 Å². The zero-order chi connectivity index (χ0) is 16.9. The molecule has 8 heteroatoms. The SMILES string of the molecule is CC1[C@@](C)(C(F)F)SC(N)=N[C@]1(C)c1cc(N)cc(F)c1F. The lowest BCUT2D eigenvalue weighted by atomic mass is 9.73. The highest BCUT2D eigenvalue weighted by molar-refractivity contribution is 8.15. The van der Waals surface area contributed by atoms with Crippen LogP contribution in [0, 0.1) is 17.6 Å². The molecular formula is C14H17F4N3S. The molecule has 22 heavy (non-hydrogen) atoms. The van der Waals surface area contributed by atoms with Gasteiger partial charge in [0.25, 0.3) is 6.43 Å². The third-order valence-electron chi connectivity index (χ3n) is 4.40. The van der Waals surface area contributed by atoms with E-state index in [-0.39, 0.29) is 16.4 Å². The molecule has 0 bridgehead atoms. The normalized spacial score (nSPS) is 32.2. The predicted molar refractivity (Wildman–Crippen MR) is 80.9 cm³/mol. The Bertz CT molecular complexity index is 637. The molecule has 0 radical (unpaired) electrons. The molecule has 0 spiro atoms. The summed E-state index contributed by atoms with van der Waals surface area (Å²) in [7, 11) is 0. The highest BCUT2D eigenvalue weighted by Crippen LogP contribution is 2.52. The number of thioether (sulfide) groups is 1. The van der Waals surface area contributed by atoms with Crippen molar-refractivity contribution in [2.45, 2.75) is 37.5 Å². The van der Waals surface area contributed by atoms with Crippen LogP contribution in [0.4, 0.5) is 23.2 Å².